The first-order chi connectivity index (χ1) is 10.4. The number of rotatable bonds is 6. The van der Waals surface area contributed by atoms with E-state index in [1.165, 1.54) is 18.2 Å². The number of ether oxygens (including phenoxy) is 1. The molecule has 7 heteroatoms. The van der Waals surface area contributed by atoms with Gasteiger partial charge in [-0.1, -0.05) is 44.4 Å². The van der Waals surface area contributed by atoms with Crippen molar-refractivity contribution in [2.75, 3.05) is 6.61 Å². The van der Waals surface area contributed by atoms with Gasteiger partial charge >= 0.3 is 6.18 Å². The van der Waals surface area contributed by atoms with Crippen LogP contribution >= 0.6 is 0 Å². The molecule has 1 aromatic carbocycles. The third-order valence-corrected chi connectivity index (χ3v) is 3.71. The predicted molar refractivity (Wildman–Crippen MR) is 72.2 cm³/mol. The zero-order valence-corrected chi connectivity index (χ0v) is 12.2. The average Bonchev–Trinajstić information content (AvgIpc) is 2.69. The van der Waals surface area contributed by atoms with E-state index in [4.69, 9.17) is 4.74 Å². The Hall–Kier alpha value is -1.60. The molecule has 1 amide bonds. The Bertz CT molecular complexity index is 547. The normalized spacial score (nSPS) is 21.3. The van der Waals surface area contributed by atoms with E-state index in [1.54, 1.807) is 0 Å². The van der Waals surface area contributed by atoms with Crippen molar-refractivity contribution in [1.29, 1.82) is 0 Å². The van der Waals surface area contributed by atoms with Crippen molar-refractivity contribution in [1.82, 2.24) is 5.06 Å². The second kappa shape index (κ2) is 6.26. The minimum Gasteiger partial charge on any atom is -0.342 e. The molecule has 22 heavy (non-hydrogen) atoms. The molecule has 0 aromatic heterocycles. The van der Waals surface area contributed by atoms with Crippen molar-refractivity contribution in [3.63, 3.8) is 0 Å². The van der Waals surface area contributed by atoms with Gasteiger partial charge in [0.15, 0.2) is 0 Å². The summed E-state index contributed by atoms with van der Waals surface area (Å²) >= 11 is 0. The highest BCUT2D eigenvalue weighted by Gasteiger charge is 2.68. The van der Waals surface area contributed by atoms with E-state index >= 15 is 0 Å². The highest BCUT2D eigenvalue weighted by atomic mass is 19.4. The summed E-state index contributed by atoms with van der Waals surface area (Å²) < 4.78 is 45.9. The third-order valence-electron chi connectivity index (χ3n) is 3.71. The lowest BCUT2D eigenvalue weighted by Crippen LogP contribution is -2.54. The largest absolute Gasteiger partial charge is 0.443 e. The number of carbonyl (C=O) groups is 1. The first kappa shape index (κ1) is 16.8. The van der Waals surface area contributed by atoms with E-state index < -0.39 is 17.8 Å². The Morgan fingerprint density at radius 2 is 1.91 bits per heavy atom. The van der Waals surface area contributed by atoms with Crippen molar-refractivity contribution in [2.24, 2.45) is 0 Å². The summed E-state index contributed by atoms with van der Waals surface area (Å²) in [4.78, 5) is 11.9. The summed E-state index contributed by atoms with van der Waals surface area (Å²) in [5.41, 5.74) is -3.69. The molecule has 0 spiro atoms. The highest BCUT2D eigenvalue weighted by Crippen LogP contribution is 2.49. The fraction of sp³-hybridized carbons (Fsp3) is 0.533. The number of halogens is 3. The second-order valence-corrected chi connectivity index (χ2v) is 5.21. The Kier molecular flexibility index (Phi) is 4.77. The highest BCUT2D eigenvalue weighted by molar-refractivity contribution is 5.99. The molecule has 4 nitrogen and oxygen atoms in total. The van der Waals surface area contributed by atoms with Gasteiger partial charge in [-0.3, -0.25) is 10.0 Å². The molecule has 1 aliphatic rings. The predicted octanol–water partition coefficient (Wildman–Crippen LogP) is 3.84. The van der Waals surface area contributed by atoms with Crippen molar-refractivity contribution < 1.29 is 27.9 Å². The van der Waals surface area contributed by atoms with Crippen molar-refractivity contribution in [3.8, 4) is 0 Å². The van der Waals surface area contributed by atoms with Gasteiger partial charge in [0.25, 0.3) is 11.6 Å². The molecule has 0 bridgehead atoms. The van der Waals surface area contributed by atoms with Gasteiger partial charge in [-0.05, 0) is 12.5 Å². The monoisotopic (exact) mass is 317 g/mol. The van der Waals surface area contributed by atoms with Crippen LogP contribution in [0.1, 0.15) is 48.5 Å². The zero-order valence-electron chi connectivity index (χ0n) is 12.2. The van der Waals surface area contributed by atoms with Gasteiger partial charge in [-0.2, -0.15) is 18.2 Å². The maximum Gasteiger partial charge on any atom is 0.443 e. The van der Waals surface area contributed by atoms with E-state index in [2.05, 4.69) is 0 Å². The van der Waals surface area contributed by atoms with Crippen LogP contribution < -0.4 is 0 Å². The maximum atomic E-state index is 13.6. The Morgan fingerprint density at radius 3 is 2.55 bits per heavy atom. The SMILES string of the molecule is CCCCCCOC1(C(F)(F)F)c2ccccc2C(=O)N1O. The summed E-state index contributed by atoms with van der Waals surface area (Å²) in [6.07, 6.45) is -1.96. The molecule has 0 saturated heterocycles. The number of carbonyl (C=O) groups excluding carboxylic acids is 1. The van der Waals surface area contributed by atoms with Gasteiger partial charge < -0.3 is 4.74 Å². The molecular weight excluding hydrogens is 299 g/mol. The van der Waals surface area contributed by atoms with Crippen LogP contribution in [0.15, 0.2) is 24.3 Å². The molecule has 1 aromatic rings. The topological polar surface area (TPSA) is 49.8 Å². The fourth-order valence-electron chi connectivity index (χ4n) is 2.58. The van der Waals surface area contributed by atoms with Crippen LogP contribution in [0.25, 0.3) is 0 Å². The molecule has 1 heterocycles. The smallest absolute Gasteiger partial charge is 0.342 e. The molecule has 122 valence electrons. The third kappa shape index (κ3) is 2.59. The summed E-state index contributed by atoms with van der Waals surface area (Å²) in [5.74, 6) is -1.11. The molecule has 0 saturated carbocycles. The fourth-order valence-corrected chi connectivity index (χ4v) is 2.58. The van der Waals surface area contributed by atoms with E-state index in [9.17, 15) is 23.2 Å². The molecule has 1 unspecified atom stereocenters. The van der Waals surface area contributed by atoms with E-state index in [0.717, 1.165) is 25.3 Å². The summed E-state index contributed by atoms with van der Waals surface area (Å²) in [5, 5.41) is 9.47. The number of unbranched alkanes of at least 4 members (excludes halogenated alkanes) is 3. The number of hydrogen-bond acceptors (Lipinski definition) is 3. The molecule has 1 atom stereocenters. The second-order valence-electron chi connectivity index (χ2n) is 5.21. The molecule has 2 rings (SSSR count). The van der Waals surface area contributed by atoms with Crippen LogP contribution in [0.2, 0.25) is 0 Å². The summed E-state index contributed by atoms with van der Waals surface area (Å²) in [6.45, 7) is 1.79. The number of fused-ring (bicyclic) bond motifs is 1. The Labute approximate surface area is 126 Å². The minimum absolute atomic E-state index is 0.196. The Balaban J connectivity index is 2.32. The molecule has 0 fully saturated rings. The number of hydrogen-bond donors (Lipinski definition) is 1. The van der Waals surface area contributed by atoms with Crippen molar-refractivity contribution >= 4 is 5.91 Å². The molecular formula is C15H18F3NO3. The van der Waals surface area contributed by atoms with Crippen molar-refractivity contribution in [2.45, 2.75) is 44.5 Å². The van der Waals surface area contributed by atoms with Gasteiger partial charge in [-0.25, -0.2) is 0 Å². The number of alkyl halides is 3. The van der Waals surface area contributed by atoms with Gasteiger partial charge in [0.1, 0.15) is 0 Å². The standard InChI is InChI=1S/C15H18F3NO3/c1-2-3-4-7-10-22-14(15(16,17)18)12-9-6-5-8-11(12)13(20)19(14)21/h5-6,8-9,21H,2-4,7,10H2,1H3. The van der Waals surface area contributed by atoms with E-state index in [0.29, 0.717) is 6.42 Å². The minimum atomic E-state index is -4.95. The lowest BCUT2D eigenvalue weighted by Gasteiger charge is -2.36. The van der Waals surface area contributed by atoms with Gasteiger partial charge in [0, 0.05) is 5.56 Å². The zero-order chi connectivity index (χ0) is 16.4. The summed E-state index contributed by atoms with van der Waals surface area (Å²) in [6, 6.07) is 5.22. The van der Waals surface area contributed by atoms with Crippen LogP contribution in [0.3, 0.4) is 0 Å². The average molecular weight is 317 g/mol. The van der Waals surface area contributed by atoms with Gasteiger partial charge in [-0.15, -0.1) is 0 Å². The van der Waals surface area contributed by atoms with Crippen molar-refractivity contribution in [3.05, 3.63) is 35.4 Å². The van der Waals surface area contributed by atoms with Crippen LogP contribution in [0, 0.1) is 0 Å². The summed E-state index contributed by atoms with van der Waals surface area (Å²) in [7, 11) is 0. The van der Waals surface area contributed by atoms with Crippen LogP contribution in [-0.2, 0) is 10.5 Å². The lowest BCUT2D eigenvalue weighted by molar-refractivity contribution is -0.377. The number of nitrogens with zero attached hydrogens (tertiary/aromatic N) is 1. The van der Waals surface area contributed by atoms with Crippen LogP contribution in [-0.4, -0.2) is 29.0 Å². The van der Waals surface area contributed by atoms with Crippen LogP contribution in [0.5, 0.6) is 0 Å². The molecule has 0 aliphatic carbocycles. The number of hydroxylamine groups is 2. The molecule has 0 radical (unpaired) electrons. The van der Waals surface area contributed by atoms with E-state index in [-0.39, 0.29) is 22.8 Å². The quantitative estimate of drug-likeness (QED) is 0.640. The van der Waals surface area contributed by atoms with E-state index in [1.807, 2.05) is 6.92 Å². The Morgan fingerprint density at radius 1 is 1.23 bits per heavy atom. The molecule has 1 N–H and O–H groups in total. The molecule has 1 aliphatic heterocycles. The number of benzene rings is 1. The first-order valence-corrected chi connectivity index (χ1v) is 7.20. The maximum absolute atomic E-state index is 13.6. The first-order valence-electron chi connectivity index (χ1n) is 7.20. The van der Waals surface area contributed by atoms with Gasteiger partial charge in [0.05, 0.1) is 12.2 Å². The van der Waals surface area contributed by atoms with Crippen LogP contribution in [0.4, 0.5) is 13.2 Å². The lowest BCUT2D eigenvalue weighted by atomic mass is 10.0. The van der Waals surface area contributed by atoms with Gasteiger partial charge in [0.2, 0.25) is 0 Å². The number of amides is 1.